The van der Waals surface area contributed by atoms with E-state index in [1.54, 1.807) is 42.5 Å². The van der Waals surface area contributed by atoms with E-state index in [0.717, 1.165) is 10.4 Å². The van der Waals surface area contributed by atoms with Crippen LogP contribution < -0.4 is 14.8 Å². The Morgan fingerprint density at radius 2 is 1.94 bits per heavy atom. The summed E-state index contributed by atoms with van der Waals surface area (Å²) in [7, 11) is 0. The van der Waals surface area contributed by atoms with E-state index in [4.69, 9.17) is 9.47 Å². The average molecular weight is 449 g/mol. The number of thiophene rings is 1. The highest BCUT2D eigenvalue weighted by Gasteiger charge is 2.28. The molecule has 2 N–H and O–H groups in total. The van der Waals surface area contributed by atoms with Gasteiger partial charge in [-0.2, -0.15) is 0 Å². The number of hydrogen-bond acceptors (Lipinski definition) is 6. The zero-order chi connectivity index (χ0) is 22.5. The van der Waals surface area contributed by atoms with Crippen LogP contribution >= 0.6 is 11.3 Å². The number of amides is 1. The Balaban J connectivity index is 1.36. The van der Waals surface area contributed by atoms with Crippen molar-refractivity contribution in [2.75, 3.05) is 6.61 Å². The number of carbonyl (C=O) groups is 3. The van der Waals surface area contributed by atoms with Gasteiger partial charge in [0.2, 0.25) is 5.78 Å². The molecule has 7 nitrogen and oxygen atoms in total. The molecule has 1 amide bonds. The van der Waals surface area contributed by atoms with Gasteiger partial charge in [0.25, 0.3) is 5.91 Å². The van der Waals surface area contributed by atoms with E-state index >= 15 is 0 Å². The summed E-state index contributed by atoms with van der Waals surface area (Å²) in [6.07, 6.45) is 1.84. The van der Waals surface area contributed by atoms with E-state index < -0.39 is 17.9 Å². The number of carboxylic acids is 1. The Labute approximate surface area is 187 Å². The summed E-state index contributed by atoms with van der Waals surface area (Å²) in [6.45, 7) is -0.372. The summed E-state index contributed by atoms with van der Waals surface area (Å²) < 4.78 is 11.1. The second kappa shape index (κ2) is 9.49. The number of aliphatic carboxylic acids is 1. The van der Waals surface area contributed by atoms with Gasteiger partial charge in [0.05, 0.1) is 5.56 Å². The Kier molecular flexibility index (Phi) is 6.32. The monoisotopic (exact) mass is 449 g/mol. The lowest BCUT2D eigenvalue weighted by molar-refractivity contribution is -0.142. The van der Waals surface area contributed by atoms with Crippen LogP contribution in [0.1, 0.15) is 20.8 Å². The molecule has 1 atom stereocenters. The smallest absolute Gasteiger partial charge is 0.326 e. The summed E-state index contributed by atoms with van der Waals surface area (Å²) >= 11 is 1.49. The molecule has 162 valence electrons. The molecular weight excluding hydrogens is 430 g/mol. The van der Waals surface area contributed by atoms with E-state index in [2.05, 4.69) is 5.32 Å². The number of rotatable bonds is 8. The van der Waals surface area contributed by atoms with Gasteiger partial charge in [0, 0.05) is 23.4 Å². The minimum Gasteiger partial charge on any atom is -0.484 e. The number of hydrogen-bond donors (Lipinski definition) is 2. The summed E-state index contributed by atoms with van der Waals surface area (Å²) in [6, 6.07) is 16.4. The molecule has 0 saturated carbocycles. The second-order valence-electron chi connectivity index (χ2n) is 7.05. The van der Waals surface area contributed by atoms with Gasteiger partial charge < -0.3 is 19.9 Å². The molecule has 0 radical (unpaired) electrons. The highest BCUT2D eigenvalue weighted by atomic mass is 32.1. The first-order valence-corrected chi connectivity index (χ1v) is 10.7. The van der Waals surface area contributed by atoms with Gasteiger partial charge in [-0.3, -0.25) is 9.59 Å². The molecule has 4 rings (SSSR count). The van der Waals surface area contributed by atoms with Crippen LogP contribution in [0.25, 0.3) is 6.08 Å². The fourth-order valence-corrected chi connectivity index (χ4v) is 3.84. The molecule has 0 saturated heterocycles. The lowest BCUT2D eigenvalue weighted by Crippen LogP contribution is -2.44. The Bertz CT molecular complexity index is 1170. The number of nitrogens with one attached hydrogen (secondary N) is 1. The van der Waals surface area contributed by atoms with Crippen molar-refractivity contribution < 1.29 is 29.0 Å². The number of allylic oxidation sites excluding steroid dienone is 1. The lowest BCUT2D eigenvalue weighted by Gasteiger charge is -2.15. The van der Waals surface area contributed by atoms with Gasteiger partial charge in [-0.1, -0.05) is 36.4 Å². The lowest BCUT2D eigenvalue weighted by atomic mass is 10.1. The summed E-state index contributed by atoms with van der Waals surface area (Å²) in [5.74, 6) is -1.01. The maximum absolute atomic E-state index is 12.5. The summed E-state index contributed by atoms with van der Waals surface area (Å²) in [5.41, 5.74) is 1.21. The van der Waals surface area contributed by atoms with Crippen molar-refractivity contribution in [1.82, 2.24) is 5.32 Å². The molecule has 1 aliphatic rings. The van der Waals surface area contributed by atoms with Crippen LogP contribution in [0.3, 0.4) is 0 Å². The molecule has 3 aromatic rings. The van der Waals surface area contributed by atoms with Gasteiger partial charge in [0.15, 0.2) is 12.4 Å². The van der Waals surface area contributed by atoms with Crippen molar-refractivity contribution in [2.45, 2.75) is 12.5 Å². The number of carbonyl (C=O) groups excluding carboxylic acids is 2. The fraction of sp³-hybridized carbons (Fsp3) is 0.125. The van der Waals surface area contributed by atoms with E-state index in [1.165, 1.54) is 17.4 Å². The Hall–Kier alpha value is -3.91. The molecule has 0 aliphatic carbocycles. The van der Waals surface area contributed by atoms with E-state index in [1.807, 2.05) is 23.6 Å². The van der Waals surface area contributed by atoms with Crippen molar-refractivity contribution in [1.29, 1.82) is 0 Å². The molecular formula is C24H19NO6S. The number of ketones is 1. The SMILES string of the molecule is O=C(COc1ccc2c(c1)OC(=Cc1cccs1)C2=O)NC(Cc1ccccc1)C(=O)O. The predicted molar refractivity (Wildman–Crippen MR) is 119 cm³/mol. The van der Waals surface area contributed by atoms with Gasteiger partial charge in [0.1, 0.15) is 17.5 Å². The highest BCUT2D eigenvalue weighted by molar-refractivity contribution is 7.10. The van der Waals surface area contributed by atoms with Crippen LogP contribution in [0.2, 0.25) is 0 Å². The fourth-order valence-electron chi connectivity index (χ4n) is 3.19. The maximum Gasteiger partial charge on any atom is 0.326 e. The number of ether oxygens (including phenoxy) is 2. The van der Waals surface area contributed by atoms with Gasteiger partial charge in [-0.25, -0.2) is 4.79 Å². The second-order valence-corrected chi connectivity index (χ2v) is 8.03. The third-order valence-corrected chi connectivity index (χ3v) is 5.56. The molecule has 32 heavy (non-hydrogen) atoms. The van der Waals surface area contributed by atoms with Gasteiger partial charge in [-0.05, 0) is 29.1 Å². The van der Waals surface area contributed by atoms with Crippen LogP contribution in [-0.2, 0) is 16.0 Å². The van der Waals surface area contributed by atoms with Gasteiger partial charge >= 0.3 is 5.97 Å². The Morgan fingerprint density at radius 3 is 2.66 bits per heavy atom. The first kappa shape index (κ1) is 21.3. The van der Waals surface area contributed by atoms with Crippen LogP contribution in [0.15, 0.2) is 71.8 Å². The highest BCUT2D eigenvalue weighted by Crippen LogP contribution is 2.35. The third-order valence-electron chi connectivity index (χ3n) is 4.74. The Morgan fingerprint density at radius 1 is 1.12 bits per heavy atom. The van der Waals surface area contributed by atoms with E-state index in [-0.39, 0.29) is 24.6 Å². The van der Waals surface area contributed by atoms with Crippen molar-refractivity contribution >= 4 is 35.1 Å². The average Bonchev–Trinajstić information content (AvgIpc) is 3.40. The molecule has 0 spiro atoms. The quantitative estimate of drug-likeness (QED) is 0.510. The zero-order valence-corrected chi connectivity index (χ0v) is 17.6. The number of benzene rings is 2. The van der Waals surface area contributed by atoms with Crippen molar-refractivity contribution in [3.8, 4) is 11.5 Å². The minimum atomic E-state index is -1.13. The van der Waals surface area contributed by atoms with Crippen molar-refractivity contribution in [3.05, 3.63) is 87.8 Å². The van der Waals surface area contributed by atoms with E-state index in [9.17, 15) is 19.5 Å². The van der Waals surface area contributed by atoms with Crippen LogP contribution in [0, 0.1) is 0 Å². The summed E-state index contributed by atoms with van der Waals surface area (Å²) in [5, 5.41) is 13.8. The molecule has 2 aromatic carbocycles. The van der Waals surface area contributed by atoms with Crippen molar-refractivity contribution in [2.24, 2.45) is 0 Å². The molecule has 2 heterocycles. The largest absolute Gasteiger partial charge is 0.484 e. The topological polar surface area (TPSA) is 102 Å². The first-order valence-electron chi connectivity index (χ1n) is 9.80. The van der Waals surface area contributed by atoms with E-state index in [0.29, 0.717) is 17.1 Å². The molecule has 1 unspecified atom stereocenters. The predicted octanol–water partition coefficient (Wildman–Crippen LogP) is 3.56. The third kappa shape index (κ3) is 5.04. The van der Waals surface area contributed by atoms with Crippen LogP contribution in [0.4, 0.5) is 0 Å². The summed E-state index contributed by atoms with van der Waals surface area (Å²) in [4.78, 5) is 37.1. The molecule has 1 aliphatic heterocycles. The number of Topliss-reactive ketones (excluding diaryl/α,β-unsaturated/α-hetero) is 1. The van der Waals surface area contributed by atoms with Crippen molar-refractivity contribution in [3.63, 3.8) is 0 Å². The molecule has 1 aromatic heterocycles. The molecule has 0 bridgehead atoms. The number of fused-ring (bicyclic) bond motifs is 1. The van der Waals surface area contributed by atoms with Gasteiger partial charge in [-0.15, -0.1) is 11.3 Å². The zero-order valence-electron chi connectivity index (χ0n) is 16.8. The minimum absolute atomic E-state index is 0.163. The molecule has 0 fully saturated rings. The number of carboxylic acid groups (broad SMARTS) is 1. The van der Waals surface area contributed by atoms with Crippen LogP contribution in [-0.4, -0.2) is 35.4 Å². The normalized spacial score (nSPS) is 14.5. The molecule has 8 heteroatoms. The van der Waals surface area contributed by atoms with Crippen LogP contribution in [0.5, 0.6) is 11.5 Å². The first-order chi connectivity index (χ1) is 15.5. The maximum atomic E-state index is 12.5. The standard InChI is InChI=1S/C24H19NO6S/c26-22(25-19(24(28)29)11-15-5-2-1-3-6-15)14-30-16-8-9-18-20(12-16)31-21(23(18)27)13-17-7-4-10-32-17/h1-10,12-13,19H,11,14H2,(H,25,26)(H,28,29).